The number of pyridine rings is 1. The molecule has 0 amide bonds. The summed E-state index contributed by atoms with van der Waals surface area (Å²) >= 11 is 11.2. The summed E-state index contributed by atoms with van der Waals surface area (Å²) in [5, 5.41) is 2.85. The number of aromatic nitrogens is 1. The largest absolute Gasteiger partial charge is 0.363 e. The predicted octanol–water partition coefficient (Wildman–Crippen LogP) is 3.07. The van der Waals surface area contributed by atoms with Crippen molar-refractivity contribution in [3.05, 3.63) is 22.3 Å². The number of anilines is 1. The van der Waals surface area contributed by atoms with E-state index in [1.807, 2.05) is 0 Å². The molecule has 13 heavy (non-hydrogen) atoms. The van der Waals surface area contributed by atoms with E-state index in [0.717, 1.165) is 0 Å². The molecule has 0 aromatic carbocycles. The number of hydrogen-bond donors (Lipinski definition) is 1. The van der Waals surface area contributed by atoms with E-state index < -0.39 is 13.0 Å². The summed E-state index contributed by atoms with van der Waals surface area (Å²) in [5.41, 5.74) is 0. The lowest BCUT2D eigenvalue weighted by atomic mass is 10.4. The number of nitrogens with zero attached hydrogens (tertiary/aromatic N) is 1. The zero-order valence-corrected chi connectivity index (χ0v) is 7.91. The number of alkyl halides is 2. The Morgan fingerprint density at radius 1 is 1.38 bits per heavy atom. The molecule has 1 N–H and O–H groups in total. The van der Waals surface area contributed by atoms with Gasteiger partial charge in [-0.3, -0.25) is 0 Å². The van der Waals surface area contributed by atoms with Gasteiger partial charge in [-0.25, -0.2) is 13.8 Å². The van der Waals surface area contributed by atoms with Crippen molar-refractivity contribution in [3.63, 3.8) is 0 Å². The summed E-state index contributed by atoms with van der Waals surface area (Å²) in [6.45, 7) is -0.493. The van der Waals surface area contributed by atoms with Gasteiger partial charge < -0.3 is 5.32 Å². The lowest BCUT2D eigenvalue weighted by molar-refractivity contribution is 0.163. The molecule has 0 unspecified atom stereocenters. The molecule has 0 saturated carbocycles. The molecule has 0 aliphatic heterocycles. The van der Waals surface area contributed by atoms with Gasteiger partial charge in [-0.15, -0.1) is 0 Å². The van der Waals surface area contributed by atoms with Crippen molar-refractivity contribution >= 4 is 29.0 Å². The summed E-state index contributed by atoms with van der Waals surface area (Å²) in [7, 11) is 0. The Hall–Kier alpha value is -0.610. The van der Waals surface area contributed by atoms with Crippen molar-refractivity contribution in [2.75, 3.05) is 11.9 Å². The zero-order valence-electron chi connectivity index (χ0n) is 6.40. The van der Waals surface area contributed by atoms with Crippen LogP contribution in [0.2, 0.25) is 10.2 Å². The molecule has 2 nitrogen and oxygen atoms in total. The van der Waals surface area contributed by atoms with Gasteiger partial charge in [0.15, 0.2) is 0 Å². The Morgan fingerprint density at radius 2 is 2.08 bits per heavy atom. The summed E-state index contributed by atoms with van der Waals surface area (Å²) in [5.74, 6) is 0.175. The van der Waals surface area contributed by atoms with E-state index in [4.69, 9.17) is 23.2 Å². The van der Waals surface area contributed by atoms with Crippen molar-refractivity contribution in [2.45, 2.75) is 6.43 Å². The van der Waals surface area contributed by atoms with Crippen LogP contribution < -0.4 is 5.32 Å². The van der Waals surface area contributed by atoms with Crippen LogP contribution in [0.4, 0.5) is 14.6 Å². The molecular formula is C7H6Cl2F2N2. The van der Waals surface area contributed by atoms with Crippen LogP contribution >= 0.6 is 23.2 Å². The Labute approximate surface area is 83.9 Å². The minimum absolute atomic E-state index is 0.175. The van der Waals surface area contributed by atoms with E-state index in [9.17, 15) is 8.78 Å². The minimum atomic E-state index is -2.45. The molecular weight excluding hydrogens is 221 g/mol. The third kappa shape index (κ3) is 3.32. The second-order valence-corrected chi connectivity index (χ2v) is 3.03. The Morgan fingerprint density at radius 3 is 2.69 bits per heavy atom. The number of hydrogen-bond acceptors (Lipinski definition) is 2. The maximum Gasteiger partial charge on any atom is 0.255 e. The molecule has 1 aromatic heterocycles. The maximum absolute atomic E-state index is 11.8. The van der Waals surface area contributed by atoms with Gasteiger partial charge in [0.25, 0.3) is 6.43 Å². The third-order valence-corrected chi connectivity index (χ3v) is 1.75. The van der Waals surface area contributed by atoms with E-state index >= 15 is 0 Å². The average molecular weight is 227 g/mol. The SMILES string of the molecule is FC(F)CNc1nc(Cl)ccc1Cl. The summed E-state index contributed by atoms with van der Waals surface area (Å²) < 4.78 is 23.6. The van der Waals surface area contributed by atoms with Crippen LogP contribution in [-0.4, -0.2) is 18.0 Å². The Kier molecular flexibility index (Phi) is 3.69. The first kappa shape index (κ1) is 10.5. The molecule has 6 heteroatoms. The highest BCUT2D eigenvalue weighted by molar-refractivity contribution is 6.34. The van der Waals surface area contributed by atoms with Gasteiger partial charge in [0, 0.05) is 0 Å². The van der Waals surface area contributed by atoms with Gasteiger partial charge in [-0.05, 0) is 12.1 Å². The van der Waals surface area contributed by atoms with Crippen molar-refractivity contribution in [1.82, 2.24) is 4.98 Å². The first-order valence-corrected chi connectivity index (χ1v) is 4.19. The van der Waals surface area contributed by atoms with Gasteiger partial charge in [-0.1, -0.05) is 23.2 Å². The lowest BCUT2D eigenvalue weighted by Crippen LogP contribution is -2.11. The fourth-order valence-corrected chi connectivity index (χ4v) is 1.04. The molecule has 0 bridgehead atoms. The number of halogens is 4. The summed E-state index contributed by atoms with van der Waals surface area (Å²) in [6, 6.07) is 2.97. The van der Waals surface area contributed by atoms with Crippen LogP contribution in [0.15, 0.2) is 12.1 Å². The zero-order chi connectivity index (χ0) is 9.84. The van der Waals surface area contributed by atoms with Gasteiger partial charge in [0.2, 0.25) is 0 Å². The summed E-state index contributed by atoms with van der Waals surface area (Å²) in [6.07, 6.45) is -2.45. The molecule has 0 aliphatic carbocycles. The Bertz CT molecular complexity index is 294. The van der Waals surface area contributed by atoms with Crippen molar-refractivity contribution in [3.8, 4) is 0 Å². The van der Waals surface area contributed by atoms with Crippen LogP contribution in [0.3, 0.4) is 0 Å². The highest BCUT2D eigenvalue weighted by Gasteiger charge is 2.06. The second kappa shape index (κ2) is 4.58. The fourth-order valence-electron chi connectivity index (χ4n) is 0.716. The number of rotatable bonds is 3. The van der Waals surface area contributed by atoms with E-state index in [1.165, 1.54) is 12.1 Å². The van der Waals surface area contributed by atoms with E-state index in [2.05, 4.69) is 10.3 Å². The summed E-state index contributed by atoms with van der Waals surface area (Å²) in [4.78, 5) is 3.73. The minimum Gasteiger partial charge on any atom is -0.363 e. The van der Waals surface area contributed by atoms with E-state index in [-0.39, 0.29) is 16.0 Å². The standard InChI is InChI=1S/C7H6Cl2F2N2/c8-4-1-2-5(9)13-7(4)12-3-6(10)11/h1-2,6H,3H2,(H,12,13). The van der Waals surface area contributed by atoms with Crippen LogP contribution in [-0.2, 0) is 0 Å². The first-order valence-electron chi connectivity index (χ1n) is 3.43. The molecule has 1 rings (SSSR count). The van der Waals surface area contributed by atoms with Gasteiger partial charge >= 0.3 is 0 Å². The Balaban J connectivity index is 2.70. The molecule has 0 radical (unpaired) electrons. The fraction of sp³-hybridized carbons (Fsp3) is 0.286. The molecule has 0 saturated heterocycles. The highest BCUT2D eigenvalue weighted by Crippen LogP contribution is 2.21. The van der Waals surface area contributed by atoms with Crippen LogP contribution in [0.1, 0.15) is 0 Å². The van der Waals surface area contributed by atoms with Crippen molar-refractivity contribution < 1.29 is 8.78 Å². The second-order valence-electron chi connectivity index (χ2n) is 2.24. The lowest BCUT2D eigenvalue weighted by Gasteiger charge is -2.06. The van der Waals surface area contributed by atoms with Crippen molar-refractivity contribution in [2.24, 2.45) is 0 Å². The molecule has 1 heterocycles. The predicted molar refractivity (Wildman–Crippen MR) is 48.8 cm³/mol. The molecule has 1 aromatic rings. The van der Waals surface area contributed by atoms with Crippen LogP contribution in [0.5, 0.6) is 0 Å². The topological polar surface area (TPSA) is 24.9 Å². The quantitative estimate of drug-likeness (QED) is 0.802. The molecule has 0 atom stereocenters. The average Bonchev–Trinajstić information content (AvgIpc) is 2.06. The molecule has 72 valence electrons. The van der Waals surface area contributed by atoms with Crippen LogP contribution in [0.25, 0.3) is 0 Å². The smallest absolute Gasteiger partial charge is 0.255 e. The molecule has 0 aliphatic rings. The van der Waals surface area contributed by atoms with Gasteiger partial charge in [-0.2, -0.15) is 0 Å². The number of nitrogens with one attached hydrogen (secondary N) is 1. The third-order valence-electron chi connectivity index (χ3n) is 1.24. The monoisotopic (exact) mass is 226 g/mol. The van der Waals surface area contributed by atoms with Gasteiger partial charge in [0.05, 0.1) is 11.6 Å². The normalized spacial score (nSPS) is 10.5. The van der Waals surface area contributed by atoms with Crippen LogP contribution in [0, 0.1) is 0 Å². The first-order chi connectivity index (χ1) is 6.09. The molecule has 0 spiro atoms. The highest BCUT2D eigenvalue weighted by atomic mass is 35.5. The van der Waals surface area contributed by atoms with Crippen molar-refractivity contribution in [1.29, 1.82) is 0 Å². The van der Waals surface area contributed by atoms with Gasteiger partial charge in [0.1, 0.15) is 11.0 Å². The van der Waals surface area contributed by atoms with E-state index in [0.29, 0.717) is 0 Å². The molecule has 0 fully saturated rings. The van der Waals surface area contributed by atoms with E-state index in [1.54, 1.807) is 0 Å². The maximum atomic E-state index is 11.8.